The first kappa shape index (κ1) is 14.9. The number of carbonyl (C=O) groups is 1. The molecule has 0 saturated heterocycles. The highest BCUT2D eigenvalue weighted by Gasteiger charge is 2.06. The predicted molar refractivity (Wildman–Crippen MR) is 80.3 cm³/mol. The molecule has 0 unspecified atom stereocenters. The molecule has 2 aromatic carbocycles. The summed E-state index contributed by atoms with van der Waals surface area (Å²) in [5.74, 6) is 0.0237. The number of rotatable bonds is 2. The molecule has 0 aliphatic rings. The molecule has 0 fully saturated rings. The van der Waals surface area contributed by atoms with Gasteiger partial charge in [0, 0.05) is 16.8 Å². The van der Waals surface area contributed by atoms with Crippen molar-refractivity contribution >= 4 is 11.5 Å². The standard InChI is InChI=1S/C13H11NO.C3H9N/c14-12-8-6-11(7-9-12)13(15)10-4-2-1-3-5-10;1-4(2)3/h1-9H,14H2;1-3H3. The monoisotopic (exact) mass is 256 g/mol. The Bertz CT molecular complexity index is 501. The van der Waals surface area contributed by atoms with Crippen molar-refractivity contribution in [2.75, 3.05) is 26.9 Å². The Balaban J connectivity index is 0.000000399. The van der Waals surface area contributed by atoms with Crippen molar-refractivity contribution < 1.29 is 4.79 Å². The van der Waals surface area contributed by atoms with Crippen LogP contribution in [0.2, 0.25) is 0 Å². The van der Waals surface area contributed by atoms with Gasteiger partial charge < -0.3 is 10.6 Å². The summed E-state index contributed by atoms with van der Waals surface area (Å²) >= 11 is 0. The van der Waals surface area contributed by atoms with E-state index < -0.39 is 0 Å². The average molecular weight is 256 g/mol. The Morgan fingerprint density at radius 1 is 0.842 bits per heavy atom. The normalized spacial score (nSPS) is 9.68. The summed E-state index contributed by atoms with van der Waals surface area (Å²) in [4.78, 5) is 13.9. The van der Waals surface area contributed by atoms with Crippen molar-refractivity contribution in [3.05, 3.63) is 65.7 Å². The van der Waals surface area contributed by atoms with Crippen molar-refractivity contribution in [1.29, 1.82) is 0 Å². The SMILES string of the molecule is CN(C)C.Nc1ccc(C(=O)c2ccccc2)cc1. The number of nitrogens with two attached hydrogens (primary N) is 1. The van der Waals surface area contributed by atoms with Crippen LogP contribution in [-0.2, 0) is 0 Å². The number of ketones is 1. The number of hydrogen-bond donors (Lipinski definition) is 1. The number of nitrogens with zero attached hydrogens (tertiary/aromatic N) is 1. The summed E-state index contributed by atoms with van der Waals surface area (Å²) in [6, 6.07) is 16.1. The van der Waals surface area contributed by atoms with Crippen molar-refractivity contribution in [3.63, 3.8) is 0 Å². The maximum absolute atomic E-state index is 11.9. The Hall–Kier alpha value is -2.13. The van der Waals surface area contributed by atoms with Gasteiger partial charge in [0.1, 0.15) is 0 Å². The largest absolute Gasteiger partial charge is 0.399 e. The molecule has 0 radical (unpaired) electrons. The minimum atomic E-state index is 0.0237. The first-order chi connectivity index (χ1) is 9.00. The third-order valence-electron chi connectivity index (χ3n) is 2.21. The van der Waals surface area contributed by atoms with Crippen LogP contribution < -0.4 is 5.73 Å². The van der Waals surface area contributed by atoms with Crippen LogP contribution in [0.15, 0.2) is 54.6 Å². The molecule has 0 bridgehead atoms. The molecule has 0 spiro atoms. The third kappa shape index (κ3) is 5.36. The second-order valence-electron chi connectivity index (χ2n) is 4.66. The third-order valence-corrected chi connectivity index (χ3v) is 2.21. The molecule has 0 aromatic heterocycles. The fourth-order valence-corrected chi connectivity index (χ4v) is 1.39. The molecular formula is C16H20N2O. The van der Waals surface area contributed by atoms with Gasteiger partial charge in [-0.15, -0.1) is 0 Å². The predicted octanol–water partition coefficient (Wildman–Crippen LogP) is 2.68. The van der Waals surface area contributed by atoms with Gasteiger partial charge in [-0.25, -0.2) is 0 Å². The molecule has 2 rings (SSSR count). The summed E-state index contributed by atoms with van der Waals surface area (Å²) in [7, 11) is 6.00. The average Bonchev–Trinajstić information content (AvgIpc) is 2.39. The lowest BCUT2D eigenvalue weighted by Gasteiger charge is -2.00. The smallest absolute Gasteiger partial charge is 0.193 e. The second-order valence-corrected chi connectivity index (χ2v) is 4.66. The van der Waals surface area contributed by atoms with Crippen LogP contribution in [0.5, 0.6) is 0 Å². The van der Waals surface area contributed by atoms with Crippen LogP contribution in [0, 0.1) is 0 Å². The van der Waals surface area contributed by atoms with Gasteiger partial charge in [0.2, 0.25) is 0 Å². The molecule has 0 aliphatic heterocycles. The summed E-state index contributed by atoms with van der Waals surface area (Å²) in [6.45, 7) is 0. The molecule has 19 heavy (non-hydrogen) atoms. The molecule has 0 atom stereocenters. The summed E-state index contributed by atoms with van der Waals surface area (Å²) in [6.07, 6.45) is 0. The maximum atomic E-state index is 11.9. The van der Waals surface area contributed by atoms with Crippen molar-refractivity contribution in [2.24, 2.45) is 0 Å². The van der Waals surface area contributed by atoms with E-state index in [4.69, 9.17) is 5.73 Å². The molecule has 0 saturated carbocycles. The van der Waals surface area contributed by atoms with E-state index in [1.165, 1.54) is 0 Å². The first-order valence-electron chi connectivity index (χ1n) is 6.07. The molecule has 0 aliphatic carbocycles. The quantitative estimate of drug-likeness (QED) is 0.664. The molecule has 3 nitrogen and oxygen atoms in total. The molecule has 100 valence electrons. The Kier molecular flexibility index (Phi) is 5.76. The van der Waals surface area contributed by atoms with Gasteiger partial charge in [0.25, 0.3) is 0 Å². The van der Waals surface area contributed by atoms with Gasteiger partial charge >= 0.3 is 0 Å². The van der Waals surface area contributed by atoms with Crippen molar-refractivity contribution in [1.82, 2.24) is 4.90 Å². The zero-order chi connectivity index (χ0) is 14.3. The van der Waals surface area contributed by atoms with E-state index in [0.717, 1.165) is 0 Å². The van der Waals surface area contributed by atoms with Crippen molar-refractivity contribution in [3.8, 4) is 0 Å². The molecule has 0 heterocycles. The lowest BCUT2D eigenvalue weighted by Crippen LogP contribution is -2.00. The Morgan fingerprint density at radius 3 is 1.74 bits per heavy atom. The van der Waals surface area contributed by atoms with E-state index in [1.807, 2.05) is 44.2 Å². The van der Waals surface area contributed by atoms with E-state index in [1.54, 1.807) is 36.4 Å². The summed E-state index contributed by atoms with van der Waals surface area (Å²) in [5.41, 5.74) is 7.58. The summed E-state index contributed by atoms with van der Waals surface area (Å²) in [5, 5.41) is 0. The lowest BCUT2D eigenvalue weighted by molar-refractivity contribution is 0.103. The summed E-state index contributed by atoms with van der Waals surface area (Å²) < 4.78 is 0. The fraction of sp³-hybridized carbons (Fsp3) is 0.188. The number of hydrogen-bond acceptors (Lipinski definition) is 3. The highest BCUT2D eigenvalue weighted by Crippen LogP contribution is 2.11. The first-order valence-corrected chi connectivity index (χ1v) is 6.07. The van der Waals surface area contributed by atoms with E-state index >= 15 is 0 Å². The number of anilines is 1. The van der Waals surface area contributed by atoms with E-state index in [-0.39, 0.29) is 5.78 Å². The van der Waals surface area contributed by atoms with E-state index in [9.17, 15) is 4.79 Å². The van der Waals surface area contributed by atoms with E-state index in [2.05, 4.69) is 0 Å². The number of carbonyl (C=O) groups excluding carboxylic acids is 1. The number of nitrogen functional groups attached to an aromatic ring is 1. The van der Waals surface area contributed by atoms with Crippen LogP contribution >= 0.6 is 0 Å². The van der Waals surface area contributed by atoms with Crippen LogP contribution in [-0.4, -0.2) is 31.8 Å². The lowest BCUT2D eigenvalue weighted by atomic mass is 10.0. The molecule has 2 aromatic rings. The zero-order valence-corrected chi connectivity index (χ0v) is 11.6. The van der Waals surface area contributed by atoms with Gasteiger partial charge in [0.05, 0.1) is 0 Å². The van der Waals surface area contributed by atoms with Gasteiger partial charge in [-0.05, 0) is 45.4 Å². The van der Waals surface area contributed by atoms with Crippen molar-refractivity contribution in [2.45, 2.75) is 0 Å². The minimum absolute atomic E-state index is 0.0237. The highest BCUT2D eigenvalue weighted by molar-refractivity contribution is 6.09. The maximum Gasteiger partial charge on any atom is 0.193 e. The van der Waals surface area contributed by atoms with Gasteiger partial charge in [0.15, 0.2) is 5.78 Å². The van der Waals surface area contributed by atoms with Crippen LogP contribution in [0.1, 0.15) is 15.9 Å². The zero-order valence-electron chi connectivity index (χ0n) is 11.6. The molecule has 0 amide bonds. The fourth-order valence-electron chi connectivity index (χ4n) is 1.39. The molecule has 3 heteroatoms. The van der Waals surface area contributed by atoms with Crippen LogP contribution in [0.25, 0.3) is 0 Å². The molecular weight excluding hydrogens is 236 g/mol. The minimum Gasteiger partial charge on any atom is -0.399 e. The molecule has 2 N–H and O–H groups in total. The highest BCUT2D eigenvalue weighted by atomic mass is 16.1. The van der Waals surface area contributed by atoms with Crippen LogP contribution in [0.4, 0.5) is 5.69 Å². The number of benzene rings is 2. The van der Waals surface area contributed by atoms with E-state index in [0.29, 0.717) is 16.8 Å². The topological polar surface area (TPSA) is 46.3 Å². The second kappa shape index (κ2) is 7.34. The van der Waals surface area contributed by atoms with Crippen LogP contribution in [0.3, 0.4) is 0 Å². The Labute approximate surface area is 114 Å². The van der Waals surface area contributed by atoms with Gasteiger partial charge in [-0.2, -0.15) is 0 Å². The Morgan fingerprint density at radius 2 is 1.26 bits per heavy atom. The van der Waals surface area contributed by atoms with Gasteiger partial charge in [-0.1, -0.05) is 30.3 Å². The van der Waals surface area contributed by atoms with Gasteiger partial charge in [-0.3, -0.25) is 4.79 Å².